The largest absolute Gasteiger partial charge is 0.327 e. The van der Waals surface area contributed by atoms with Crippen molar-refractivity contribution < 1.29 is 12.8 Å². The van der Waals surface area contributed by atoms with Crippen LogP contribution in [0.4, 0.5) is 4.39 Å². The predicted octanol–water partition coefficient (Wildman–Crippen LogP) is 4.74. The zero-order valence-corrected chi connectivity index (χ0v) is 22.5. The first-order chi connectivity index (χ1) is 17.1. The smallest absolute Gasteiger partial charge is 0.175 e. The Bertz CT molecular complexity index is 1340. The van der Waals surface area contributed by atoms with Gasteiger partial charge < -0.3 is 9.88 Å². The molecule has 0 amide bonds. The third-order valence-corrected chi connectivity index (χ3v) is 9.34. The highest BCUT2D eigenvalue weighted by Crippen LogP contribution is 2.39. The Kier molecular flexibility index (Phi) is 6.96. The van der Waals surface area contributed by atoms with Crippen molar-refractivity contribution in [1.29, 1.82) is 0 Å². The van der Waals surface area contributed by atoms with Crippen LogP contribution in [0.25, 0.3) is 22.4 Å². The molecule has 2 saturated heterocycles. The molecule has 0 bridgehead atoms. The number of hydrogen-bond acceptors (Lipinski definition) is 5. The summed E-state index contributed by atoms with van der Waals surface area (Å²) in [7, 11) is -1.39. The van der Waals surface area contributed by atoms with E-state index in [2.05, 4.69) is 24.1 Å². The number of halogens is 1. The van der Waals surface area contributed by atoms with E-state index in [1.807, 2.05) is 17.7 Å². The van der Waals surface area contributed by atoms with Crippen molar-refractivity contribution >= 4 is 20.9 Å². The molecule has 2 fully saturated rings. The fraction of sp³-hybridized carbons (Fsp3) is 0.536. The highest BCUT2D eigenvalue weighted by molar-refractivity contribution is 7.90. The standard InChI is InChI=1S/C28H37FN4O2S/c1-18(2)26-15-20(11-14-33(26)21-9-12-30-13-10-21)23-16-25-27(17-24(23)29)32(3)28(31-25)19-5-7-22(8-6-19)36(4,34)35/h5-8,16-18,20-21,26,30H,9-15H2,1-4H3/t20?,26-/m1/s1. The average molecular weight is 513 g/mol. The molecule has 5 rings (SSSR count). The number of imidazole rings is 1. The molecule has 194 valence electrons. The molecule has 0 aliphatic carbocycles. The molecule has 2 aliphatic rings. The summed E-state index contributed by atoms with van der Waals surface area (Å²) < 4.78 is 41.1. The van der Waals surface area contributed by atoms with Crippen molar-refractivity contribution in [3.63, 3.8) is 0 Å². The summed E-state index contributed by atoms with van der Waals surface area (Å²) in [4.78, 5) is 7.82. The van der Waals surface area contributed by atoms with Gasteiger partial charge in [0.1, 0.15) is 11.6 Å². The van der Waals surface area contributed by atoms with E-state index in [0.29, 0.717) is 23.8 Å². The lowest BCUT2D eigenvalue weighted by atomic mass is 9.80. The van der Waals surface area contributed by atoms with Crippen LogP contribution in [0, 0.1) is 11.7 Å². The number of sulfone groups is 1. The third-order valence-electron chi connectivity index (χ3n) is 8.21. The van der Waals surface area contributed by atoms with Crippen molar-refractivity contribution in [2.75, 3.05) is 25.9 Å². The normalized spacial score (nSPS) is 22.5. The maximum Gasteiger partial charge on any atom is 0.175 e. The first-order valence-electron chi connectivity index (χ1n) is 13.1. The number of nitrogens with zero attached hydrogens (tertiary/aromatic N) is 3. The van der Waals surface area contributed by atoms with Gasteiger partial charge in [-0.05, 0) is 93.0 Å². The minimum atomic E-state index is -3.27. The summed E-state index contributed by atoms with van der Waals surface area (Å²) in [5.74, 6) is 1.24. The summed E-state index contributed by atoms with van der Waals surface area (Å²) in [6, 6.07) is 11.4. The van der Waals surface area contributed by atoms with E-state index in [0.717, 1.165) is 54.6 Å². The third kappa shape index (κ3) is 4.83. The summed E-state index contributed by atoms with van der Waals surface area (Å²) in [5.41, 5.74) is 3.09. The minimum Gasteiger partial charge on any atom is -0.327 e. The van der Waals surface area contributed by atoms with Crippen LogP contribution in [0.5, 0.6) is 0 Å². The van der Waals surface area contributed by atoms with Crippen LogP contribution in [0.2, 0.25) is 0 Å². The molecule has 1 N–H and O–H groups in total. The Morgan fingerprint density at radius 1 is 1.08 bits per heavy atom. The molecule has 3 aromatic rings. The number of aromatic nitrogens is 2. The minimum absolute atomic E-state index is 0.160. The Hall–Kier alpha value is -2.29. The van der Waals surface area contributed by atoms with Crippen molar-refractivity contribution in [1.82, 2.24) is 19.8 Å². The summed E-state index contributed by atoms with van der Waals surface area (Å²) in [6.07, 6.45) is 5.51. The van der Waals surface area contributed by atoms with Crippen LogP contribution < -0.4 is 5.32 Å². The van der Waals surface area contributed by atoms with Gasteiger partial charge in [0.2, 0.25) is 0 Å². The summed E-state index contributed by atoms with van der Waals surface area (Å²) in [5, 5.41) is 3.47. The Morgan fingerprint density at radius 2 is 1.78 bits per heavy atom. The molecule has 6 nitrogen and oxygen atoms in total. The molecule has 1 unspecified atom stereocenters. The lowest BCUT2D eigenvalue weighted by Crippen LogP contribution is -2.53. The lowest BCUT2D eigenvalue weighted by molar-refractivity contribution is 0.0426. The second-order valence-corrected chi connectivity index (χ2v) is 12.9. The molecular weight excluding hydrogens is 475 g/mol. The summed E-state index contributed by atoms with van der Waals surface area (Å²) in [6.45, 7) is 7.76. The fourth-order valence-corrected chi connectivity index (χ4v) is 6.83. The quantitative estimate of drug-likeness (QED) is 0.535. The number of rotatable bonds is 5. The number of hydrogen-bond donors (Lipinski definition) is 1. The van der Waals surface area contributed by atoms with E-state index in [-0.39, 0.29) is 16.6 Å². The zero-order chi connectivity index (χ0) is 25.6. The molecule has 1 aromatic heterocycles. The second kappa shape index (κ2) is 9.88. The number of likely N-dealkylation sites (tertiary alicyclic amines) is 1. The van der Waals surface area contributed by atoms with Crippen molar-refractivity contribution in [3.8, 4) is 11.4 Å². The van der Waals surface area contributed by atoms with Gasteiger partial charge >= 0.3 is 0 Å². The number of aryl methyl sites for hydroxylation is 1. The number of piperidine rings is 2. The van der Waals surface area contributed by atoms with Crippen LogP contribution >= 0.6 is 0 Å². The van der Waals surface area contributed by atoms with Gasteiger partial charge in [-0.3, -0.25) is 4.90 Å². The predicted molar refractivity (Wildman–Crippen MR) is 142 cm³/mol. The fourth-order valence-electron chi connectivity index (χ4n) is 6.20. The van der Waals surface area contributed by atoms with Gasteiger partial charge in [0.15, 0.2) is 9.84 Å². The number of fused-ring (bicyclic) bond motifs is 1. The average Bonchev–Trinajstić information content (AvgIpc) is 3.18. The highest BCUT2D eigenvalue weighted by Gasteiger charge is 2.36. The molecule has 0 radical (unpaired) electrons. The number of benzene rings is 2. The van der Waals surface area contributed by atoms with E-state index < -0.39 is 9.84 Å². The van der Waals surface area contributed by atoms with Crippen molar-refractivity contribution in [2.45, 2.75) is 62.4 Å². The molecular formula is C28H37FN4O2S. The Labute approximate surface area is 213 Å². The van der Waals surface area contributed by atoms with Gasteiger partial charge in [0.05, 0.1) is 15.9 Å². The van der Waals surface area contributed by atoms with E-state index in [1.165, 1.54) is 19.1 Å². The molecule has 2 aromatic carbocycles. The highest BCUT2D eigenvalue weighted by atomic mass is 32.2. The molecule has 0 saturated carbocycles. The van der Waals surface area contributed by atoms with Gasteiger partial charge in [0, 0.05) is 37.0 Å². The van der Waals surface area contributed by atoms with E-state index >= 15 is 4.39 Å². The first kappa shape index (κ1) is 25.4. The van der Waals surface area contributed by atoms with Gasteiger partial charge in [-0.15, -0.1) is 0 Å². The van der Waals surface area contributed by atoms with E-state index in [1.54, 1.807) is 30.3 Å². The topological polar surface area (TPSA) is 67.2 Å². The first-order valence-corrected chi connectivity index (χ1v) is 15.0. The van der Waals surface area contributed by atoms with Crippen LogP contribution in [0.15, 0.2) is 41.3 Å². The maximum absolute atomic E-state index is 15.5. The molecule has 2 atom stereocenters. The van der Waals surface area contributed by atoms with Crippen LogP contribution in [-0.4, -0.2) is 60.8 Å². The van der Waals surface area contributed by atoms with Gasteiger partial charge in [-0.1, -0.05) is 13.8 Å². The van der Waals surface area contributed by atoms with Gasteiger partial charge in [-0.25, -0.2) is 17.8 Å². The number of nitrogens with one attached hydrogen (secondary N) is 1. The second-order valence-electron chi connectivity index (χ2n) is 10.9. The molecule has 36 heavy (non-hydrogen) atoms. The van der Waals surface area contributed by atoms with Gasteiger partial charge in [0.25, 0.3) is 0 Å². The van der Waals surface area contributed by atoms with Crippen LogP contribution in [-0.2, 0) is 16.9 Å². The summed E-state index contributed by atoms with van der Waals surface area (Å²) >= 11 is 0. The lowest BCUT2D eigenvalue weighted by Gasteiger charge is -2.47. The monoisotopic (exact) mass is 512 g/mol. The maximum atomic E-state index is 15.5. The molecule has 3 heterocycles. The van der Waals surface area contributed by atoms with E-state index in [9.17, 15) is 8.42 Å². The van der Waals surface area contributed by atoms with E-state index in [4.69, 9.17) is 4.98 Å². The zero-order valence-electron chi connectivity index (χ0n) is 21.7. The van der Waals surface area contributed by atoms with Crippen molar-refractivity contribution in [3.05, 3.63) is 47.8 Å². The van der Waals surface area contributed by atoms with Crippen molar-refractivity contribution in [2.24, 2.45) is 13.0 Å². The Balaban J connectivity index is 1.44. The molecule has 2 aliphatic heterocycles. The molecule has 8 heteroatoms. The van der Waals surface area contributed by atoms with Crippen LogP contribution in [0.3, 0.4) is 0 Å². The van der Waals surface area contributed by atoms with Gasteiger partial charge in [-0.2, -0.15) is 0 Å². The molecule has 0 spiro atoms. The SMILES string of the molecule is CC(C)[C@H]1CC(c2cc3nc(-c4ccc(S(C)(=O)=O)cc4)n(C)c3cc2F)CCN1C1CCNCC1. The Morgan fingerprint density at radius 3 is 2.42 bits per heavy atom. The van der Waals surface area contributed by atoms with Crippen LogP contribution in [0.1, 0.15) is 51.0 Å².